The van der Waals surface area contributed by atoms with Crippen molar-refractivity contribution in [3.8, 4) is 6.07 Å². The molecule has 2 aromatic heterocycles. The van der Waals surface area contributed by atoms with Crippen LogP contribution in [-0.2, 0) is 22.2 Å². The van der Waals surface area contributed by atoms with Crippen molar-refractivity contribution in [2.45, 2.75) is 25.0 Å². The predicted molar refractivity (Wildman–Crippen MR) is 167 cm³/mol. The van der Waals surface area contributed by atoms with Gasteiger partial charge >= 0.3 is 0 Å². The van der Waals surface area contributed by atoms with Crippen LogP contribution in [0.1, 0.15) is 40.1 Å². The molecule has 2 N–H and O–H groups in total. The Balaban J connectivity index is 0.991. The zero-order valence-electron chi connectivity index (χ0n) is 23.8. The normalized spacial score (nSPS) is 14.3. The first kappa shape index (κ1) is 28.5. The molecule has 0 aliphatic carbocycles. The molecule has 5 aromatic rings. The highest BCUT2D eigenvalue weighted by Gasteiger charge is 2.21. The zero-order chi connectivity index (χ0) is 29.8. The van der Waals surface area contributed by atoms with Gasteiger partial charge in [-0.2, -0.15) is 5.26 Å². The summed E-state index contributed by atoms with van der Waals surface area (Å²) in [4.78, 5) is 20.8. The smallest absolute Gasteiger partial charge is 0.300 e. The standard InChI is InChI=1S/C33H33N5O4S/c34-21-25-9-11-30-29(18-25)26(22-35-30)8-4-5-13-37-14-16-38(17-15-37)28-10-12-31-27(19-28)20-32(42-31)33(39)36-43(40,41)23-24-6-2-1-3-7-24/h1-3,6-7,9-12,18-20,22,35H,4-5,8,13-17,23H2,(H,36,39). The van der Waals surface area contributed by atoms with E-state index >= 15 is 0 Å². The van der Waals surface area contributed by atoms with Crippen molar-refractivity contribution in [2.75, 3.05) is 37.6 Å². The highest BCUT2D eigenvalue weighted by molar-refractivity contribution is 7.89. The number of unbranched alkanes of at least 4 members (excludes halogenated alkanes) is 1. The van der Waals surface area contributed by atoms with E-state index < -0.39 is 15.9 Å². The third kappa shape index (κ3) is 6.74. The number of anilines is 1. The second kappa shape index (κ2) is 12.3. The van der Waals surface area contributed by atoms with Crippen LogP contribution in [0.3, 0.4) is 0 Å². The van der Waals surface area contributed by atoms with Gasteiger partial charge < -0.3 is 14.3 Å². The van der Waals surface area contributed by atoms with Crippen LogP contribution in [0.4, 0.5) is 5.69 Å². The van der Waals surface area contributed by atoms with E-state index in [-0.39, 0.29) is 11.5 Å². The molecule has 0 saturated carbocycles. The van der Waals surface area contributed by atoms with E-state index in [1.807, 2.05) is 36.4 Å². The largest absolute Gasteiger partial charge is 0.451 e. The van der Waals surface area contributed by atoms with Gasteiger partial charge in [0.2, 0.25) is 10.0 Å². The molecule has 10 heteroatoms. The van der Waals surface area contributed by atoms with Gasteiger partial charge in [-0.1, -0.05) is 30.3 Å². The Morgan fingerprint density at radius 3 is 2.58 bits per heavy atom. The van der Waals surface area contributed by atoms with Crippen LogP contribution >= 0.6 is 0 Å². The summed E-state index contributed by atoms with van der Waals surface area (Å²) in [6, 6.07) is 24.1. The molecule has 6 rings (SSSR count). The maximum absolute atomic E-state index is 12.7. The number of sulfonamides is 1. The Bertz CT molecular complexity index is 1900. The topological polar surface area (TPSA) is 122 Å². The summed E-state index contributed by atoms with van der Waals surface area (Å²) in [6.45, 7) is 4.78. The molecule has 1 fully saturated rings. The number of nitrogens with one attached hydrogen (secondary N) is 2. The summed E-state index contributed by atoms with van der Waals surface area (Å²) in [5.41, 5.74) is 5.21. The molecular weight excluding hydrogens is 562 g/mol. The maximum atomic E-state index is 12.7. The van der Waals surface area contributed by atoms with Crippen molar-refractivity contribution >= 4 is 43.5 Å². The van der Waals surface area contributed by atoms with Crippen LogP contribution in [0, 0.1) is 11.3 Å². The Labute approximate surface area is 250 Å². The number of H-pyrrole nitrogens is 1. The first-order valence-electron chi connectivity index (χ1n) is 14.5. The quantitative estimate of drug-likeness (QED) is 0.213. The summed E-state index contributed by atoms with van der Waals surface area (Å²) < 4.78 is 32.8. The molecule has 1 amide bonds. The molecule has 1 aliphatic heterocycles. The van der Waals surface area contributed by atoms with Gasteiger partial charge in [0.05, 0.1) is 17.4 Å². The predicted octanol–water partition coefficient (Wildman–Crippen LogP) is 5.19. The van der Waals surface area contributed by atoms with Gasteiger partial charge in [-0.25, -0.2) is 13.1 Å². The fourth-order valence-corrected chi connectivity index (χ4v) is 6.78. The summed E-state index contributed by atoms with van der Waals surface area (Å²) in [7, 11) is -3.87. The molecule has 0 atom stereocenters. The molecule has 3 aromatic carbocycles. The minimum atomic E-state index is -3.87. The SMILES string of the molecule is N#Cc1ccc2[nH]cc(CCCCN3CCN(c4ccc5oc(C(=O)NS(=O)(=O)Cc6ccccc6)cc5c4)CC3)c2c1. The number of piperazine rings is 1. The highest BCUT2D eigenvalue weighted by Crippen LogP contribution is 2.27. The molecule has 1 saturated heterocycles. The van der Waals surface area contributed by atoms with Crippen molar-refractivity contribution in [3.05, 3.63) is 101 Å². The van der Waals surface area contributed by atoms with E-state index in [4.69, 9.17) is 4.42 Å². The van der Waals surface area contributed by atoms with E-state index in [1.54, 1.807) is 36.4 Å². The number of aromatic nitrogens is 1. The Morgan fingerprint density at radius 1 is 0.977 bits per heavy atom. The van der Waals surface area contributed by atoms with Crippen molar-refractivity contribution in [1.29, 1.82) is 5.26 Å². The van der Waals surface area contributed by atoms with E-state index in [0.29, 0.717) is 16.7 Å². The zero-order valence-corrected chi connectivity index (χ0v) is 24.6. The lowest BCUT2D eigenvalue weighted by atomic mass is 10.1. The van der Waals surface area contributed by atoms with Crippen molar-refractivity contribution in [2.24, 2.45) is 0 Å². The van der Waals surface area contributed by atoms with Gasteiger partial charge in [0.15, 0.2) is 5.76 Å². The number of benzene rings is 3. The molecule has 3 heterocycles. The number of carbonyl (C=O) groups excluding carboxylic acids is 1. The third-order valence-corrected chi connectivity index (χ3v) is 9.19. The Kier molecular flexibility index (Phi) is 8.18. The molecule has 0 unspecified atom stereocenters. The lowest BCUT2D eigenvalue weighted by molar-refractivity contribution is 0.0956. The molecule has 0 spiro atoms. The second-order valence-electron chi connectivity index (χ2n) is 11.0. The number of nitriles is 1. The van der Waals surface area contributed by atoms with E-state index in [1.165, 1.54) is 5.56 Å². The number of aromatic amines is 1. The number of furan rings is 1. The van der Waals surface area contributed by atoms with Crippen LogP contribution in [-0.4, -0.2) is 56.9 Å². The van der Waals surface area contributed by atoms with Crippen LogP contribution < -0.4 is 9.62 Å². The first-order chi connectivity index (χ1) is 20.9. The molecule has 1 aliphatic rings. The number of rotatable bonds is 10. The van der Waals surface area contributed by atoms with Crippen molar-refractivity contribution < 1.29 is 17.6 Å². The first-order valence-corrected chi connectivity index (χ1v) is 16.1. The molecule has 0 radical (unpaired) electrons. The van der Waals surface area contributed by atoms with Gasteiger partial charge in [-0.3, -0.25) is 9.69 Å². The number of fused-ring (bicyclic) bond motifs is 2. The molecular formula is C33H33N5O4S. The summed E-state index contributed by atoms with van der Waals surface area (Å²) in [6.07, 6.45) is 5.24. The van der Waals surface area contributed by atoms with E-state index in [9.17, 15) is 18.5 Å². The summed E-state index contributed by atoms with van der Waals surface area (Å²) in [5, 5.41) is 11.1. The molecule has 9 nitrogen and oxygen atoms in total. The number of carbonyl (C=O) groups is 1. The minimum absolute atomic E-state index is 0.0354. The second-order valence-corrected chi connectivity index (χ2v) is 12.7. The van der Waals surface area contributed by atoms with Crippen molar-refractivity contribution in [3.63, 3.8) is 0 Å². The van der Waals surface area contributed by atoms with E-state index in [2.05, 4.69) is 31.8 Å². The van der Waals surface area contributed by atoms with E-state index in [0.717, 1.165) is 74.0 Å². The average Bonchev–Trinajstić information content (AvgIpc) is 3.63. The molecule has 0 bridgehead atoms. The van der Waals surface area contributed by atoms with Crippen LogP contribution in [0.25, 0.3) is 21.9 Å². The Hall–Kier alpha value is -4.59. The summed E-state index contributed by atoms with van der Waals surface area (Å²) >= 11 is 0. The lowest BCUT2D eigenvalue weighted by Crippen LogP contribution is -2.46. The van der Waals surface area contributed by atoms with Crippen molar-refractivity contribution in [1.82, 2.24) is 14.6 Å². The number of nitrogens with zero attached hydrogens (tertiary/aromatic N) is 3. The van der Waals surface area contributed by atoms with Gasteiger partial charge in [0, 0.05) is 54.4 Å². The third-order valence-electron chi connectivity index (χ3n) is 7.98. The number of aryl methyl sites for hydroxylation is 1. The summed E-state index contributed by atoms with van der Waals surface area (Å²) in [5.74, 6) is -1.10. The lowest BCUT2D eigenvalue weighted by Gasteiger charge is -2.36. The van der Waals surface area contributed by atoms with Crippen LogP contribution in [0.15, 0.2) is 83.4 Å². The van der Waals surface area contributed by atoms with Gasteiger partial charge in [-0.15, -0.1) is 0 Å². The average molecular weight is 596 g/mol. The molecule has 43 heavy (non-hydrogen) atoms. The minimum Gasteiger partial charge on any atom is -0.451 e. The van der Waals surface area contributed by atoms with Gasteiger partial charge in [0.1, 0.15) is 5.58 Å². The Morgan fingerprint density at radius 2 is 1.79 bits per heavy atom. The van der Waals surface area contributed by atoms with Gasteiger partial charge in [-0.05, 0) is 79.4 Å². The maximum Gasteiger partial charge on any atom is 0.300 e. The van der Waals surface area contributed by atoms with Crippen LogP contribution in [0.5, 0.6) is 0 Å². The van der Waals surface area contributed by atoms with Crippen LogP contribution in [0.2, 0.25) is 0 Å². The number of hydrogen-bond donors (Lipinski definition) is 2. The fourth-order valence-electron chi connectivity index (χ4n) is 5.70. The number of hydrogen-bond acceptors (Lipinski definition) is 7. The molecule has 220 valence electrons. The number of amides is 1. The fraction of sp³-hybridized carbons (Fsp3) is 0.273. The van der Waals surface area contributed by atoms with Gasteiger partial charge in [0.25, 0.3) is 5.91 Å². The highest BCUT2D eigenvalue weighted by atomic mass is 32.2. The monoisotopic (exact) mass is 595 g/mol.